The van der Waals surface area contributed by atoms with Gasteiger partial charge in [0, 0.05) is 131 Å². The standard InChI is InChI=1S/C44H64N8/c1-5-13-41(14-6-1)37-49-29-21-45-23-31-50(38-42-15-7-2-8-16-42)33-25-47-27-35-52(40-44-19-11-4-12-20-44)36-28-48-26-34-51(32-24-46-22-30-49)39-43-17-9-3-10-18-43/h1-20,45-48H,21-40H2. The molecule has 52 heavy (non-hydrogen) atoms. The predicted molar refractivity (Wildman–Crippen MR) is 218 cm³/mol. The largest absolute Gasteiger partial charge is 0.314 e. The molecular formula is C44H64N8. The van der Waals surface area contributed by atoms with Crippen molar-refractivity contribution >= 4 is 0 Å². The summed E-state index contributed by atoms with van der Waals surface area (Å²) in [5, 5.41) is 15.1. The van der Waals surface area contributed by atoms with Crippen molar-refractivity contribution in [3.05, 3.63) is 144 Å². The quantitative estimate of drug-likeness (QED) is 0.216. The maximum absolute atomic E-state index is 3.78. The average Bonchev–Trinajstić information content (AvgIpc) is 3.18. The van der Waals surface area contributed by atoms with Crippen LogP contribution in [0.1, 0.15) is 22.3 Å². The minimum Gasteiger partial charge on any atom is -0.314 e. The zero-order valence-electron chi connectivity index (χ0n) is 31.5. The lowest BCUT2D eigenvalue weighted by atomic mass is 10.2. The Kier molecular flexibility index (Phi) is 18.9. The fraction of sp³-hybridized carbons (Fsp3) is 0.455. The molecule has 1 fully saturated rings. The lowest BCUT2D eigenvalue weighted by Gasteiger charge is -2.27. The van der Waals surface area contributed by atoms with Gasteiger partial charge in [-0.15, -0.1) is 0 Å². The molecule has 0 aromatic heterocycles. The molecule has 8 heteroatoms. The normalized spacial score (nSPS) is 18.8. The van der Waals surface area contributed by atoms with E-state index in [0.717, 1.165) is 131 Å². The minimum absolute atomic E-state index is 0.977. The highest BCUT2D eigenvalue weighted by Gasteiger charge is 2.11. The molecule has 8 nitrogen and oxygen atoms in total. The van der Waals surface area contributed by atoms with Gasteiger partial charge in [-0.05, 0) is 22.3 Å². The Morgan fingerprint density at radius 2 is 0.442 bits per heavy atom. The molecule has 0 amide bonds. The van der Waals surface area contributed by atoms with Crippen molar-refractivity contribution in [2.75, 3.05) is 105 Å². The number of nitrogens with zero attached hydrogens (tertiary/aromatic N) is 4. The number of rotatable bonds is 8. The van der Waals surface area contributed by atoms with Crippen molar-refractivity contribution in [3.63, 3.8) is 0 Å². The van der Waals surface area contributed by atoms with Gasteiger partial charge in [-0.1, -0.05) is 121 Å². The number of hydrogen-bond donors (Lipinski definition) is 4. The Hall–Kier alpha value is -3.44. The van der Waals surface area contributed by atoms with Gasteiger partial charge < -0.3 is 21.3 Å². The van der Waals surface area contributed by atoms with Crippen LogP contribution in [0.3, 0.4) is 0 Å². The lowest BCUT2D eigenvalue weighted by Crippen LogP contribution is -2.42. The van der Waals surface area contributed by atoms with Crippen LogP contribution in [0.5, 0.6) is 0 Å². The van der Waals surface area contributed by atoms with Crippen molar-refractivity contribution in [2.45, 2.75) is 26.2 Å². The third-order valence-corrected chi connectivity index (χ3v) is 9.83. The molecule has 0 saturated carbocycles. The average molecular weight is 705 g/mol. The van der Waals surface area contributed by atoms with E-state index in [1.165, 1.54) is 22.3 Å². The minimum atomic E-state index is 0.977. The summed E-state index contributed by atoms with van der Waals surface area (Å²) < 4.78 is 0. The zero-order valence-corrected chi connectivity index (χ0v) is 31.5. The van der Waals surface area contributed by atoms with Crippen LogP contribution in [0.15, 0.2) is 121 Å². The van der Waals surface area contributed by atoms with Gasteiger partial charge in [0.05, 0.1) is 0 Å². The summed E-state index contributed by atoms with van der Waals surface area (Å²) in [4.78, 5) is 10.4. The Labute approximate surface area is 314 Å². The highest BCUT2D eigenvalue weighted by atomic mass is 15.2. The second-order valence-electron chi connectivity index (χ2n) is 14.0. The highest BCUT2D eigenvalue weighted by molar-refractivity contribution is 5.17. The van der Waals surface area contributed by atoms with E-state index in [0.29, 0.717) is 0 Å². The van der Waals surface area contributed by atoms with Gasteiger partial charge in [0.25, 0.3) is 0 Å². The van der Waals surface area contributed by atoms with Crippen LogP contribution in [-0.2, 0) is 26.2 Å². The third kappa shape index (κ3) is 16.5. The molecule has 4 aromatic rings. The van der Waals surface area contributed by atoms with E-state index in [4.69, 9.17) is 0 Å². The van der Waals surface area contributed by atoms with Crippen molar-refractivity contribution in [1.29, 1.82) is 0 Å². The maximum Gasteiger partial charge on any atom is 0.0234 e. The summed E-state index contributed by atoms with van der Waals surface area (Å²) in [6, 6.07) is 43.6. The van der Waals surface area contributed by atoms with Crippen LogP contribution in [0, 0.1) is 0 Å². The molecule has 0 bridgehead atoms. The summed E-state index contributed by atoms with van der Waals surface area (Å²) in [5.74, 6) is 0. The van der Waals surface area contributed by atoms with Crippen molar-refractivity contribution < 1.29 is 0 Å². The molecule has 1 heterocycles. The molecule has 1 saturated heterocycles. The van der Waals surface area contributed by atoms with Gasteiger partial charge in [-0.3, -0.25) is 19.6 Å². The van der Waals surface area contributed by atoms with E-state index < -0.39 is 0 Å². The first-order valence-electron chi connectivity index (χ1n) is 19.7. The summed E-state index contributed by atoms with van der Waals surface area (Å²) in [6.07, 6.45) is 0. The Morgan fingerprint density at radius 3 is 0.615 bits per heavy atom. The first-order chi connectivity index (χ1) is 25.8. The van der Waals surface area contributed by atoms with E-state index in [1.807, 2.05) is 0 Å². The van der Waals surface area contributed by atoms with E-state index in [-0.39, 0.29) is 0 Å². The number of nitrogens with one attached hydrogen (secondary N) is 4. The summed E-state index contributed by atoms with van der Waals surface area (Å²) in [7, 11) is 0. The summed E-state index contributed by atoms with van der Waals surface area (Å²) >= 11 is 0. The molecule has 4 aromatic carbocycles. The summed E-state index contributed by atoms with van der Waals surface area (Å²) in [6.45, 7) is 20.0. The van der Waals surface area contributed by atoms with Crippen molar-refractivity contribution in [3.8, 4) is 0 Å². The van der Waals surface area contributed by atoms with Crippen LogP contribution >= 0.6 is 0 Å². The van der Waals surface area contributed by atoms with Crippen LogP contribution < -0.4 is 21.3 Å². The first-order valence-corrected chi connectivity index (χ1v) is 19.7. The number of hydrogen-bond acceptors (Lipinski definition) is 8. The third-order valence-electron chi connectivity index (χ3n) is 9.83. The Morgan fingerprint density at radius 1 is 0.269 bits per heavy atom. The van der Waals surface area contributed by atoms with E-state index >= 15 is 0 Å². The molecule has 5 rings (SSSR count). The van der Waals surface area contributed by atoms with E-state index in [1.54, 1.807) is 0 Å². The van der Waals surface area contributed by atoms with Crippen LogP contribution in [-0.4, -0.2) is 124 Å². The topological polar surface area (TPSA) is 61.1 Å². The molecular weight excluding hydrogens is 641 g/mol. The molecule has 1 aliphatic heterocycles. The van der Waals surface area contributed by atoms with Gasteiger partial charge in [0.1, 0.15) is 0 Å². The predicted octanol–water partition coefficient (Wildman–Crippen LogP) is 4.37. The molecule has 280 valence electrons. The van der Waals surface area contributed by atoms with Crippen LogP contribution in [0.25, 0.3) is 0 Å². The fourth-order valence-electron chi connectivity index (χ4n) is 6.84. The molecule has 0 atom stereocenters. The van der Waals surface area contributed by atoms with Crippen molar-refractivity contribution in [2.24, 2.45) is 0 Å². The van der Waals surface area contributed by atoms with Gasteiger partial charge in [-0.2, -0.15) is 0 Å². The second-order valence-corrected chi connectivity index (χ2v) is 14.0. The molecule has 0 unspecified atom stereocenters. The molecule has 0 aliphatic carbocycles. The van der Waals surface area contributed by atoms with Crippen LogP contribution in [0.4, 0.5) is 0 Å². The zero-order chi connectivity index (χ0) is 35.7. The smallest absolute Gasteiger partial charge is 0.0234 e. The van der Waals surface area contributed by atoms with E-state index in [9.17, 15) is 0 Å². The fourth-order valence-corrected chi connectivity index (χ4v) is 6.84. The number of benzene rings is 4. The molecule has 0 radical (unpaired) electrons. The molecule has 4 N–H and O–H groups in total. The van der Waals surface area contributed by atoms with Gasteiger partial charge in [-0.25, -0.2) is 0 Å². The van der Waals surface area contributed by atoms with Gasteiger partial charge in [0.2, 0.25) is 0 Å². The Balaban J connectivity index is 1.19. The first kappa shape index (κ1) is 39.8. The van der Waals surface area contributed by atoms with Crippen LogP contribution in [0.2, 0.25) is 0 Å². The van der Waals surface area contributed by atoms with E-state index in [2.05, 4.69) is 162 Å². The SMILES string of the molecule is c1ccc(CN2CCNCCN(Cc3ccccc3)CCNCCN(Cc3ccccc3)CCNCCN(Cc3ccccc3)CCNCC2)cc1. The monoisotopic (exact) mass is 705 g/mol. The Bertz CT molecular complexity index is 1180. The van der Waals surface area contributed by atoms with Crippen molar-refractivity contribution in [1.82, 2.24) is 40.9 Å². The second kappa shape index (κ2) is 24.7. The summed E-state index contributed by atoms with van der Waals surface area (Å²) in [5.41, 5.74) is 5.51. The lowest BCUT2D eigenvalue weighted by molar-refractivity contribution is 0.233. The molecule has 0 spiro atoms. The maximum atomic E-state index is 3.78. The highest BCUT2D eigenvalue weighted by Crippen LogP contribution is 2.07. The van der Waals surface area contributed by atoms with Gasteiger partial charge in [0.15, 0.2) is 0 Å². The molecule has 1 aliphatic rings. The van der Waals surface area contributed by atoms with Gasteiger partial charge >= 0.3 is 0 Å².